The van der Waals surface area contributed by atoms with Gasteiger partial charge in [-0.3, -0.25) is 9.78 Å². The predicted molar refractivity (Wildman–Crippen MR) is 110 cm³/mol. The van der Waals surface area contributed by atoms with E-state index in [4.69, 9.17) is 11.6 Å². The number of fused-ring (bicyclic) bond motifs is 1. The number of hydrogen-bond acceptors (Lipinski definition) is 5. The van der Waals surface area contributed by atoms with E-state index in [1.54, 1.807) is 18.3 Å². The Kier molecular flexibility index (Phi) is 5.12. The lowest BCUT2D eigenvalue weighted by Crippen LogP contribution is -2.24. The van der Waals surface area contributed by atoms with Gasteiger partial charge in [0.1, 0.15) is 5.69 Å². The van der Waals surface area contributed by atoms with Crippen LogP contribution in [0.15, 0.2) is 73.1 Å². The van der Waals surface area contributed by atoms with Crippen molar-refractivity contribution in [3.05, 3.63) is 89.3 Å². The van der Waals surface area contributed by atoms with Crippen LogP contribution in [0, 0.1) is 0 Å². The minimum atomic E-state index is -0.304. The first-order valence-electron chi connectivity index (χ1n) is 8.66. The molecule has 4 aromatic rings. The predicted octanol–water partition coefficient (Wildman–Crippen LogP) is 4.35. The number of amides is 1. The van der Waals surface area contributed by atoms with Gasteiger partial charge >= 0.3 is 0 Å². The molecule has 2 aromatic heterocycles. The number of halogens is 1. The molecule has 0 spiro atoms. The molecule has 0 saturated carbocycles. The molecule has 0 atom stereocenters. The Morgan fingerprint density at radius 1 is 0.929 bits per heavy atom. The zero-order valence-corrected chi connectivity index (χ0v) is 15.5. The van der Waals surface area contributed by atoms with Crippen LogP contribution in [0.4, 0.5) is 11.6 Å². The third-order valence-electron chi connectivity index (χ3n) is 4.16. The van der Waals surface area contributed by atoms with Crippen molar-refractivity contribution in [3.8, 4) is 0 Å². The maximum atomic E-state index is 12.5. The summed E-state index contributed by atoms with van der Waals surface area (Å²) in [5.74, 6) is 0.0185. The van der Waals surface area contributed by atoms with Gasteiger partial charge in [-0.05, 0) is 29.8 Å². The number of pyridine rings is 1. The zero-order valence-electron chi connectivity index (χ0n) is 14.8. The van der Waals surface area contributed by atoms with Crippen molar-refractivity contribution in [3.63, 3.8) is 0 Å². The molecule has 28 heavy (non-hydrogen) atoms. The van der Waals surface area contributed by atoms with E-state index in [1.165, 1.54) is 6.20 Å². The lowest BCUT2D eigenvalue weighted by molar-refractivity contribution is 0.0946. The summed E-state index contributed by atoms with van der Waals surface area (Å²) >= 11 is 6.12. The third-order valence-corrected chi connectivity index (χ3v) is 4.53. The average Bonchev–Trinajstić information content (AvgIpc) is 2.73. The van der Waals surface area contributed by atoms with Crippen LogP contribution < -0.4 is 10.6 Å². The standard InChI is InChI=1S/C21H16ClN5O/c22-16-8-2-1-5-15(16)13-25-20(28)18-10-12-24-21(27-18)26-17-9-3-6-14-7-4-11-23-19(14)17/h1-12H,13H2,(H,25,28)(H,24,26,27). The van der Waals surface area contributed by atoms with Crippen molar-refractivity contribution in [2.24, 2.45) is 0 Å². The molecule has 0 saturated heterocycles. The second kappa shape index (κ2) is 8.02. The van der Waals surface area contributed by atoms with Gasteiger partial charge in [-0.1, -0.05) is 48.0 Å². The molecule has 0 radical (unpaired) electrons. The Hall–Kier alpha value is -3.51. The molecule has 4 rings (SSSR count). The first kappa shape index (κ1) is 17.9. The highest BCUT2D eigenvalue weighted by Gasteiger charge is 2.11. The lowest BCUT2D eigenvalue weighted by atomic mass is 10.2. The van der Waals surface area contributed by atoms with Gasteiger partial charge in [0.25, 0.3) is 5.91 Å². The number of hydrogen-bond donors (Lipinski definition) is 2. The molecular weight excluding hydrogens is 374 g/mol. The van der Waals surface area contributed by atoms with Crippen LogP contribution in [0.3, 0.4) is 0 Å². The summed E-state index contributed by atoms with van der Waals surface area (Å²) < 4.78 is 0. The first-order valence-corrected chi connectivity index (χ1v) is 9.04. The van der Waals surface area contributed by atoms with Gasteiger partial charge in [0, 0.05) is 29.3 Å². The van der Waals surface area contributed by atoms with Crippen molar-refractivity contribution in [1.29, 1.82) is 0 Å². The number of nitrogens with one attached hydrogen (secondary N) is 2. The maximum absolute atomic E-state index is 12.5. The minimum absolute atomic E-state index is 0.262. The maximum Gasteiger partial charge on any atom is 0.270 e. The lowest BCUT2D eigenvalue weighted by Gasteiger charge is -2.09. The van der Waals surface area contributed by atoms with Crippen molar-refractivity contribution >= 4 is 40.0 Å². The average molecular weight is 390 g/mol. The molecule has 0 fully saturated rings. The Morgan fingerprint density at radius 3 is 2.68 bits per heavy atom. The van der Waals surface area contributed by atoms with E-state index in [9.17, 15) is 4.79 Å². The van der Waals surface area contributed by atoms with E-state index in [0.717, 1.165) is 22.2 Å². The Labute approximate surface area is 166 Å². The van der Waals surface area contributed by atoms with Crippen molar-refractivity contribution in [1.82, 2.24) is 20.3 Å². The molecular formula is C21H16ClN5O. The summed E-state index contributed by atoms with van der Waals surface area (Å²) in [4.78, 5) is 25.4. The number of anilines is 2. The number of para-hydroxylation sites is 1. The van der Waals surface area contributed by atoms with E-state index in [0.29, 0.717) is 17.5 Å². The number of rotatable bonds is 5. The largest absolute Gasteiger partial charge is 0.347 e. The van der Waals surface area contributed by atoms with Gasteiger partial charge < -0.3 is 10.6 Å². The van der Waals surface area contributed by atoms with Gasteiger partial charge in [0.15, 0.2) is 0 Å². The molecule has 6 nitrogen and oxygen atoms in total. The van der Waals surface area contributed by atoms with Crippen LogP contribution in [0.2, 0.25) is 5.02 Å². The summed E-state index contributed by atoms with van der Waals surface area (Å²) in [5, 5.41) is 7.57. The topological polar surface area (TPSA) is 79.8 Å². The molecule has 0 aliphatic rings. The van der Waals surface area contributed by atoms with Crippen LogP contribution in [0.5, 0.6) is 0 Å². The molecule has 0 unspecified atom stereocenters. The van der Waals surface area contributed by atoms with Gasteiger partial charge in [-0.2, -0.15) is 0 Å². The molecule has 1 amide bonds. The summed E-state index contributed by atoms with van der Waals surface area (Å²) in [7, 11) is 0. The highest BCUT2D eigenvalue weighted by atomic mass is 35.5. The zero-order chi connectivity index (χ0) is 19.3. The summed E-state index contributed by atoms with van der Waals surface area (Å²) in [6, 6.07) is 18.6. The first-order chi connectivity index (χ1) is 13.7. The molecule has 2 heterocycles. The van der Waals surface area contributed by atoms with Crippen LogP contribution in [0.25, 0.3) is 10.9 Å². The number of carbonyl (C=O) groups is 1. The molecule has 2 N–H and O–H groups in total. The van der Waals surface area contributed by atoms with E-state index in [1.807, 2.05) is 48.5 Å². The summed E-state index contributed by atoms with van der Waals surface area (Å²) in [5.41, 5.74) is 2.68. The molecule has 7 heteroatoms. The Morgan fingerprint density at radius 2 is 1.79 bits per heavy atom. The van der Waals surface area contributed by atoms with Crippen molar-refractivity contribution in [2.75, 3.05) is 5.32 Å². The fourth-order valence-corrected chi connectivity index (χ4v) is 2.98. The van der Waals surface area contributed by atoms with Crippen LogP contribution in [-0.2, 0) is 6.54 Å². The fourth-order valence-electron chi connectivity index (χ4n) is 2.78. The Bertz CT molecular complexity index is 1140. The van der Waals surface area contributed by atoms with E-state index >= 15 is 0 Å². The quantitative estimate of drug-likeness (QED) is 0.530. The van der Waals surface area contributed by atoms with Crippen LogP contribution in [0.1, 0.15) is 16.1 Å². The van der Waals surface area contributed by atoms with E-state index in [-0.39, 0.29) is 11.6 Å². The number of benzene rings is 2. The van der Waals surface area contributed by atoms with Crippen molar-refractivity contribution in [2.45, 2.75) is 6.54 Å². The minimum Gasteiger partial charge on any atom is -0.347 e. The van der Waals surface area contributed by atoms with Crippen LogP contribution >= 0.6 is 11.6 Å². The molecule has 2 aromatic carbocycles. The van der Waals surface area contributed by atoms with Crippen LogP contribution in [-0.4, -0.2) is 20.9 Å². The summed E-state index contributed by atoms with van der Waals surface area (Å²) in [6.07, 6.45) is 3.27. The normalized spacial score (nSPS) is 10.6. The molecule has 0 aliphatic heterocycles. The number of carbonyl (C=O) groups excluding carboxylic acids is 1. The third kappa shape index (κ3) is 3.92. The van der Waals surface area contributed by atoms with E-state index in [2.05, 4.69) is 25.6 Å². The number of nitrogens with zero attached hydrogens (tertiary/aromatic N) is 3. The SMILES string of the molecule is O=C(NCc1ccccc1Cl)c1ccnc(Nc2cccc3cccnc23)n1. The van der Waals surface area contributed by atoms with Crippen molar-refractivity contribution < 1.29 is 4.79 Å². The van der Waals surface area contributed by atoms with Gasteiger partial charge in [-0.15, -0.1) is 0 Å². The molecule has 0 aliphatic carbocycles. The highest BCUT2D eigenvalue weighted by Crippen LogP contribution is 2.23. The molecule has 0 bridgehead atoms. The smallest absolute Gasteiger partial charge is 0.270 e. The van der Waals surface area contributed by atoms with E-state index < -0.39 is 0 Å². The second-order valence-corrected chi connectivity index (χ2v) is 6.45. The number of aromatic nitrogens is 3. The Balaban J connectivity index is 1.51. The molecule has 138 valence electrons. The fraction of sp³-hybridized carbons (Fsp3) is 0.0476. The highest BCUT2D eigenvalue weighted by molar-refractivity contribution is 6.31. The van der Waals surface area contributed by atoms with Gasteiger partial charge in [0.05, 0.1) is 11.2 Å². The van der Waals surface area contributed by atoms with Gasteiger partial charge in [0.2, 0.25) is 5.95 Å². The second-order valence-electron chi connectivity index (χ2n) is 6.05. The monoisotopic (exact) mass is 389 g/mol. The van der Waals surface area contributed by atoms with Gasteiger partial charge in [-0.25, -0.2) is 9.97 Å². The summed E-state index contributed by atoms with van der Waals surface area (Å²) in [6.45, 7) is 0.318.